The lowest BCUT2D eigenvalue weighted by Gasteiger charge is -2.45. The average molecular weight is 855 g/mol. The third-order valence-corrected chi connectivity index (χ3v) is 9.14. The molecule has 4 aliphatic heterocycles. The second-order valence-corrected chi connectivity index (χ2v) is 12.6. The fraction of sp³-hybridized carbons (Fsp3) is 0.875. The number of carbonyl (C=O) groups excluding carboxylic acids is 4. The van der Waals surface area contributed by atoms with E-state index in [0.29, 0.717) is 0 Å². The SMILES string of the molecule is COC(=O)C1C[C@@H](O)C(O)[C@@H](OC)O1.COC(=O)C1O[C@H](OC)C(O)[C@H](O)[C@H]1O[C@H]1O[C@@H](C(=O)OC)[C@H](OC)C(O)C1O.COC(=O)[C@@H]1O[C@H](O)C(O)C(O)[C@H]1OC. The van der Waals surface area contributed by atoms with E-state index in [1.165, 1.54) is 35.5 Å². The maximum Gasteiger partial charge on any atom is 0.337 e. The fourth-order valence-electron chi connectivity index (χ4n) is 5.90. The van der Waals surface area contributed by atoms with E-state index in [9.17, 15) is 65.1 Å². The maximum atomic E-state index is 12.1. The van der Waals surface area contributed by atoms with Crippen LogP contribution in [0.25, 0.3) is 0 Å². The number of hydrogen-bond donors (Lipinski definition) is 9. The number of methoxy groups -OCH3 is 8. The Hall–Kier alpha value is -2.84. The third-order valence-electron chi connectivity index (χ3n) is 9.14. The molecular formula is C32H54O26. The molecule has 4 rings (SSSR count). The van der Waals surface area contributed by atoms with Crippen molar-refractivity contribution in [3.63, 3.8) is 0 Å². The molecule has 4 aliphatic rings. The molecule has 0 spiro atoms. The molecule has 0 amide bonds. The van der Waals surface area contributed by atoms with E-state index in [0.717, 1.165) is 21.3 Å². The van der Waals surface area contributed by atoms with Gasteiger partial charge < -0.3 is 108 Å². The lowest BCUT2D eigenvalue weighted by molar-refractivity contribution is -0.349. The van der Waals surface area contributed by atoms with Gasteiger partial charge in [-0.2, -0.15) is 0 Å². The number of esters is 4. The van der Waals surface area contributed by atoms with Gasteiger partial charge in [-0.25, -0.2) is 19.2 Å². The molecule has 338 valence electrons. The molecule has 4 fully saturated rings. The molecular weight excluding hydrogens is 800 g/mol. The second kappa shape index (κ2) is 23.8. The number of rotatable bonds is 10. The number of aliphatic hydroxyl groups excluding tert-OH is 9. The van der Waals surface area contributed by atoms with E-state index in [-0.39, 0.29) is 6.42 Å². The normalized spacial score (nSPS) is 41.3. The van der Waals surface area contributed by atoms with Crippen LogP contribution in [0.4, 0.5) is 0 Å². The summed E-state index contributed by atoms with van der Waals surface area (Å²) < 4.78 is 63.4. The number of ether oxygens (including phenoxy) is 13. The van der Waals surface area contributed by atoms with Crippen LogP contribution in [0.2, 0.25) is 0 Å². The molecule has 26 nitrogen and oxygen atoms in total. The van der Waals surface area contributed by atoms with Crippen molar-refractivity contribution in [2.24, 2.45) is 0 Å². The predicted molar refractivity (Wildman–Crippen MR) is 178 cm³/mol. The Morgan fingerprint density at radius 1 is 0.414 bits per heavy atom. The lowest BCUT2D eigenvalue weighted by atomic mass is 9.96. The van der Waals surface area contributed by atoms with Gasteiger partial charge >= 0.3 is 23.9 Å². The van der Waals surface area contributed by atoms with Crippen molar-refractivity contribution in [2.75, 3.05) is 56.9 Å². The topological polar surface area (TPSA) is 370 Å². The zero-order valence-electron chi connectivity index (χ0n) is 32.6. The first-order valence-corrected chi connectivity index (χ1v) is 17.2. The van der Waals surface area contributed by atoms with Crippen LogP contribution in [0, 0.1) is 0 Å². The zero-order valence-corrected chi connectivity index (χ0v) is 32.6. The van der Waals surface area contributed by atoms with Crippen molar-refractivity contribution < 1.29 is 127 Å². The summed E-state index contributed by atoms with van der Waals surface area (Å²) in [4.78, 5) is 46.3. The van der Waals surface area contributed by atoms with Gasteiger partial charge in [0.05, 0.1) is 34.5 Å². The molecule has 58 heavy (non-hydrogen) atoms. The number of aliphatic hydroxyl groups is 9. The third kappa shape index (κ3) is 12.1. The van der Waals surface area contributed by atoms with Gasteiger partial charge in [0.25, 0.3) is 0 Å². The van der Waals surface area contributed by atoms with Gasteiger partial charge in [0.2, 0.25) is 0 Å². The van der Waals surface area contributed by atoms with Gasteiger partial charge in [0.1, 0.15) is 61.0 Å². The Bertz CT molecular complexity index is 1290. The van der Waals surface area contributed by atoms with E-state index in [1.807, 2.05) is 0 Å². The highest BCUT2D eigenvalue weighted by molar-refractivity contribution is 5.77. The van der Waals surface area contributed by atoms with Crippen molar-refractivity contribution in [3.05, 3.63) is 0 Å². The van der Waals surface area contributed by atoms with Gasteiger partial charge in [0.15, 0.2) is 49.6 Å². The molecule has 0 aromatic heterocycles. The quantitative estimate of drug-likeness (QED) is 0.0728. The molecule has 0 bridgehead atoms. The van der Waals surface area contributed by atoms with Gasteiger partial charge in [-0.15, -0.1) is 0 Å². The molecule has 9 N–H and O–H groups in total. The van der Waals surface area contributed by atoms with E-state index in [2.05, 4.69) is 18.9 Å². The van der Waals surface area contributed by atoms with Gasteiger partial charge in [-0.05, 0) is 0 Å². The molecule has 4 saturated heterocycles. The van der Waals surface area contributed by atoms with Crippen molar-refractivity contribution in [3.8, 4) is 0 Å². The van der Waals surface area contributed by atoms with Crippen molar-refractivity contribution in [2.45, 2.75) is 123 Å². The first kappa shape index (κ1) is 51.3. The highest BCUT2D eigenvalue weighted by Crippen LogP contribution is 2.31. The van der Waals surface area contributed by atoms with Crippen LogP contribution < -0.4 is 0 Å². The Morgan fingerprint density at radius 2 is 0.793 bits per heavy atom. The van der Waals surface area contributed by atoms with Crippen LogP contribution in [-0.2, 0) is 80.8 Å². The monoisotopic (exact) mass is 854 g/mol. The lowest BCUT2D eigenvalue weighted by Crippen LogP contribution is -2.66. The molecule has 8 unspecified atom stereocenters. The average Bonchev–Trinajstić information content (AvgIpc) is 3.23. The minimum atomic E-state index is -1.75. The zero-order chi connectivity index (χ0) is 44.2. The number of hydrogen-bond acceptors (Lipinski definition) is 26. The van der Waals surface area contributed by atoms with Gasteiger partial charge in [-0.1, -0.05) is 0 Å². The summed E-state index contributed by atoms with van der Waals surface area (Å²) in [5.41, 5.74) is 0. The molecule has 0 saturated carbocycles. The van der Waals surface area contributed by atoms with Crippen LogP contribution in [0.15, 0.2) is 0 Å². The molecule has 19 atom stereocenters. The van der Waals surface area contributed by atoms with Crippen LogP contribution in [0.1, 0.15) is 6.42 Å². The Morgan fingerprint density at radius 3 is 1.24 bits per heavy atom. The molecule has 0 aromatic carbocycles. The largest absolute Gasteiger partial charge is 0.467 e. The predicted octanol–water partition coefficient (Wildman–Crippen LogP) is -7.47. The highest BCUT2D eigenvalue weighted by atomic mass is 16.8. The molecule has 4 heterocycles. The summed E-state index contributed by atoms with van der Waals surface area (Å²) in [6.45, 7) is 0. The summed E-state index contributed by atoms with van der Waals surface area (Å²) in [6.07, 6.45) is -26.7. The molecule has 0 aliphatic carbocycles. The Kier molecular flexibility index (Phi) is 21.1. The van der Waals surface area contributed by atoms with Crippen LogP contribution in [0.3, 0.4) is 0 Å². The maximum absolute atomic E-state index is 12.1. The Labute approximate surface area is 330 Å². The van der Waals surface area contributed by atoms with Crippen LogP contribution >= 0.6 is 0 Å². The minimum Gasteiger partial charge on any atom is -0.467 e. The Balaban J connectivity index is 0.000000335. The van der Waals surface area contributed by atoms with Crippen LogP contribution in [-0.4, -0.2) is 243 Å². The van der Waals surface area contributed by atoms with Crippen LogP contribution in [0.5, 0.6) is 0 Å². The first-order chi connectivity index (χ1) is 27.3. The van der Waals surface area contributed by atoms with E-state index >= 15 is 0 Å². The standard InChI is InChI=1S/C16H26O13.C8H14O7.C8H14O6/c1-23-9-5(17)8(20)16(29-11(9)13(21)24-2)27-10-6(18)7(19)15(26-4)28-12(10)14(22)25-3;1-13-5-3(9)4(10)7(11)15-6(5)8(12)14-2;1-12-7(11)5-3-4(9)6(10)8(13-2)14-5/h5-12,15-20H,1-4H3;3-7,9-11H,1-2H3;4-6,8-10H,3H2,1-2H3/t5?,6-,7?,8?,9+,10+,11+,12?,15-,16-;3?,4?,5-,6-,7+;4-,5?,6?,8+/m011/s1. The smallest absolute Gasteiger partial charge is 0.337 e. The fourth-order valence-corrected chi connectivity index (χ4v) is 5.90. The second-order valence-electron chi connectivity index (χ2n) is 12.6. The van der Waals surface area contributed by atoms with E-state index in [1.54, 1.807) is 0 Å². The first-order valence-electron chi connectivity index (χ1n) is 17.2. The van der Waals surface area contributed by atoms with E-state index < -0.39 is 141 Å². The van der Waals surface area contributed by atoms with Crippen molar-refractivity contribution in [1.82, 2.24) is 0 Å². The van der Waals surface area contributed by atoms with Crippen molar-refractivity contribution >= 4 is 23.9 Å². The van der Waals surface area contributed by atoms with Gasteiger partial charge in [-0.3, -0.25) is 0 Å². The van der Waals surface area contributed by atoms with Gasteiger partial charge in [0, 0.05) is 34.9 Å². The summed E-state index contributed by atoms with van der Waals surface area (Å²) in [7, 11) is 9.46. The summed E-state index contributed by atoms with van der Waals surface area (Å²) in [6, 6.07) is 0. The van der Waals surface area contributed by atoms with Crippen molar-refractivity contribution in [1.29, 1.82) is 0 Å². The summed E-state index contributed by atoms with van der Waals surface area (Å²) >= 11 is 0. The number of carbonyl (C=O) groups is 4. The molecule has 0 radical (unpaired) electrons. The molecule has 0 aromatic rings. The summed E-state index contributed by atoms with van der Waals surface area (Å²) in [5, 5.41) is 87.8. The minimum absolute atomic E-state index is 0.00764. The van der Waals surface area contributed by atoms with E-state index in [4.69, 9.17) is 42.6 Å². The highest BCUT2D eigenvalue weighted by Gasteiger charge is 2.55. The molecule has 26 heteroatoms. The summed E-state index contributed by atoms with van der Waals surface area (Å²) in [5.74, 6) is -3.25.